The molecule has 5 nitrogen and oxygen atoms in total. The molecule has 2 aromatic rings. The average Bonchev–Trinajstić information content (AvgIpc) is 2.84. The lowest BCUT2D eigenvalue weighted by Crippen LogP contribution is -2.13. The van der Waals surface area contributed by atoms with E-state index in [0.29, 0.717) is 10.6 Å². The molecule has 2 aromatic heterocycles. The standard InChI is InChI=1S/C12H12N2O3S/c1-6-3-4-18-10(6)11(15)14-8-5-7(2)13-9(8)12(16)17/h3-5,13H,1-2H3,(H,14,15)(H,16,17). The number of amides is 1. The second-order valence-corrected chi connectivity index (χ2v) is 4.85. The molecular weight excluding hydrogens is 252 g/mol. The van der Waals surface area contributed by atoms with Crippen LogP contribution in [0.3, 0.4) is 0 Å². The molecule has 2 heterocycles. The van der Waals surface area contributed by atoms with Gasteiger partial charge in [0.25, 0.3) is 5.91 Å². The highest BCUT2D eigenvalue weighted by Gasteiger charge is 2.17. The number of carbonyl (C=O) groups is 2. The molecule has 0 aliphatic carbocycles. The number of aromatic nitrogens is 1. The molecular formula is C12H12N2O3S. The quantitative estimate of drug-likeness (QED) is 0.797. The largest absolute Gasteiger partial charge is 0.477 e. The molecule has 0 saturated heterocycles. The highest BCUT2D eigenvalue weighted by Crippen LogP contribution is 2.21. The van der Waals surface area contributed by atoms with Gasteiger partial charge in [0.1, 0.15) is 5.69 Å². The lowest BCUT2D eigenvalue weighted by Gasteiger charge is -2.03. The smallest absolute Gasteiger partial charge is 0.354 e. The SMILES string of the molecule is Cc1cc(NC(=O)c2sccc2C)c(C(=O)O)[nH]1. The van der Waals surface area contributed by atoms with E-state index in [2.05, 4.69) is 10.3 Å². The molecule has 1 amide bonds. The van der Waals surface area contributed by atoms with Crippen LogP contribution >= 0.6 is 11.3 Å². The second kappa shape index (κ2) is 4.66. The number of aromatic carboxylic acids is 1. The van der Waals surface area contributed by atoms with Crippen LogP contribution in [0.2, 0.25) is 0 Å². The van der Waals surface area contributed by atoms with Crippen LogP contribution in [0.4, 0.5) is 5.69 Å². The fourth-order valence-corrected chi connectivity index (χ4v) is 2.46. The zero-order chi connectivity index (χ0) is 13.3. The Kier molecular flexibility index (Phi) is 3.20. The Morgan fingerprint density at radius 2 is 2.11 bits per heavy atom. The molecule has 0 aromatic carbocycles. The molecule has 0 fully saturated rings. The fraction of sp³-hybridized carbons (Fsp3) is 0.167. The van der Waals surface area contributed by atoms with Crippen LogP contribution in [0.1, 0.15) is 31.4 Å². The predicted octanol–water partition coefficient (Wildman–Crippen LogP) is 2.64. The Morgan fingerprint density at radius 3 is 2.67 bits per heavy atom. The van der Waals surface area contributed by atoms with Crippen molar-refractivity contribution in [3.63, 3.8) is 0 Å². The topological polar surface area (TPSA) is 82.2 Å². The van der Waals surface area contributed by atoms with Gasteiger partial charge in [-0.25, -0.2) is 4.79 Å². The summed E-state index contributed by atoms with van der Waals surface area (Å²) >= 11 is 1.33. The first-order chi connectivity index (χ1) is 8.49. The number of carboxylic acid groups (broad SMARTS) is 1. The summed E-state index contributed by atoms with van der Waals surface area (Å²) in [6, 6.07) is 3.45. The Labute approximate surface area is 107 Å². The summed E-state index contributed by atoms with van der Waals surface area (Å²) in [5.41, 5.74) is 1.85. The lowest BCUT2D eigenvalue weighted by atomic mass is 10.2. The Bertz CT molecular complexity index is 613. The normalized spacial score (nSPS) is 10.3. The van der Waals surface area contributed by atoms with Gasteiger partial charge in [-0.1, -0.05) is 0 Å². The molecule has 0 aliphatic rings. The molecule has 2 rings (SSSR count). The van der Waals surface area contributed by atoms with E-state index < -0.39 is 5.97 Å². The first kappa shape index (κ1) is 12.4. The van der Waals surface area contributed by atoms with E-state index in [1.165, 1.54) is 11.3 Å². The number of thiophene rings is 1. The van der Waals surface area contributed by atoms with Crippen molar-refractivity contribution in [3.8, 4) is 0 Å². The summed E-state index contributed by atoms with van der Waals surface area (Å²) in [4.78, 5) is 26.2. The van der Waals surface area contributed by atoms with Crippen LogP contribution in [0, 0.1) is 13.8 Å². The van der Waals surface area contributed by atoms with Gasteiger partial charge in [0.05, 0.1) is 10.6 Å². The lowest BCUT2D eigenvalue weighted by molar-refractivity contribution is 0.0692. The molecule has 6 heteroatoms. The molecule has 0 unspecified atom stereocenters. The van der Waals surface area contributed by atoms with Crippen molar-refractivity contribution in [2.45, 2.75) is 13.8 Å². The Morgan fingerprint density at radius 1 is 1.39 bits per heavy atom. The highest BCUT2D eigenvalue weighted by atomic mass is 32.1. The second-order valence-electron chi connectivity index (χ2n) is 3.93. The minimum absolute atomic E-state index is 0.00457. The van der Waals surface area contributed by atoms with Crippen LogP contribution in [-0.2, 0) is 0 Å². The minimum atomic E-state index is -1.10. The average molecular weight is 264 g/mol. The summed E-state index contributed by atoms with van der Waals surface area (Å²) in [6.07, 6.45) is 0. The van der Waals surface area contributed by atoms with Crippen molar-refractivity contribution in [3.05, 3.63) is 39.3 Å². The van der Waals surface area contributed by atoms with Gasteiger partial charge in [0.15, 0.2) is 0 Å². The third-order valence-electron chi connectivity index (χ3n) is 2.48. The van der Waals surface area contributed by atoms with E-state index in [1.54, 1.807) is 13.0 Å². The van der Waals surface area contributed by atoms with Gasteiger partial charge in [-0.3, -0.25) is 4.79 Å². The van der Waals surface area contributed by atoms with Crippen LogP contribution in [0.5, 0.6) is 0 Å². The number of carbonyl (C=O) groups excluding carboxylic acids is 1. The molecule has 0 atom stereocenters. The number of H-pyrrole nitrogens is 1. The van der Waals surface area contributed by atoms with Crippen molar-refractivity contribution in [1.82, 2.24) is 4.98 Å². The number of carboxylic acids is 1. The van der Waals surface area contributed by atoms with Gasteiger partial charge in [0.2, 0.25) is 0 Å². The molecule has 3 N–H and O–H groups in total. The summed E-state index contributed by atoms with van der Waals surface area (Å²) in [5, 5.41) is 13.4. The third kappa shape index (κ3) is 2.28. The number of rotatable bonds is 3. The van der Waals surface area contributed by atoms with E-state index in [4.69, 9.17) is 5.11 Å². The highest BCUT2D eigenvalue weighted by molar-refractivity contribution is 7.12. The molecule has 18 heavy (non-hydrogen) atoms. The fourth-order valence-electron chi connectivity index (χ4n) is 1.64. The molecule has 0 saturated carbocycles. The summed E-state index contributed by atoms with van der Waals surface area (Å²) in [7, 11) is 0. The number of aryl methyl sites for hydroxylation is 2. The van der Waals surface area contributed by atoms with E-state index in [-0.39, 0.29) is 17.3 Å². The summed E-state index contributed by atoms with van der Waals surface area (Å²) in [6.45, 7) is 3.57. The van der Waals surface area contributed by atoms with Gasteiger partial charge >= 0.3 is 5.97 Å². The van der Waals surface area contributed by atoms with Crippen molar-refractivity contribution in [2.75, 3.05) is 5.32 Å². The maximum absolute atomic E-state index is 12.0. The van der Waals surface area contributed by atoms with E-state index in [0.717, 1.165) is 5.56 Å². The maximum atomic E-state index is 12.0. The predicted molar refractivity (Wildman–Crippen MR) is 69.5 cm³/mol. The summed E-state index contributed by atoms with van der Waals surface area (Å²) < 4.78 is 0. The summed E-state index contributed by atoms with van der Waals surface area (Å²) in [5.74, 6) is -1.38. The number of aromatic amines is 1. The van der Waals surface area contributed by atoms with Gasteiger partial charge in [-0.05, 0) is 36.9 Å². The minimum Gasteiger partial charge on any atom is -0.477 e. The zero-order valence-corrected chi connectivity index (χ0v) is 10.7. The van der Waals surface area contributed by atoms with E-state index in [1.807, 2.05) is 18.4 Å². The number of nitrogens with one attached hydrogen (secondary N) is 2. The number of hydrogen-bond donors (Lipinski definition) is 3. The molecule has 0 aliphatic heterocycles. The first-order valence-corrected chi connectivity index (χ1v) is 6.15. The van der Waals surface area contributed by atoms with Crippen molar-refractivity contribution < 1.29 is 14.7 Å². The zero-order valence-electron chi connectivity index (χ0n) is 9.90. The Hall–Kier alpha value is -2.08. The van der Waals surface area contributed by atoms with Crippen molar-refractivity contribution >= 4 is 28.9 Å². The molecule has 0 bridgehead atoms. The van der Waals surface area contributed by atoms with Crippen LogP contribution < -0.4 is 5.32 Å². The van der Waals surface area contributed by atoms with Gasteiger partial charge in [-0.15, -0.1) is 11.3 Å². The van der Waals surface area contributed by atoms with Gasteiger partial charge < -0.3 is 15.4 Å². The van der Waals surface area contributed by atoms with Crippen molar-refractivity contribution in [2.24, 2.45) is 0 Å². The monoisotopic (exact) mass is 264 g/mol. The molecule has 0 radical (unpaired) electrons. The van der Waals surface area contributed by atoms with Crippen molar-refractivity contribution in [1.29, 1.82) is 0 Å². The van der Waals surface area contributed by atoms with Crippen LogP contribution in [-0.4, -0.2) is 22.0 Å². The number of hydrogen-bond acceptors (Lipinski definition) is 3. The Balaban J connectivity index is 2.27. The third-order valence-corrected chi connectivity index (χ3v) is 3.50. The van der Waals surface area contributed by atoms with Gasteiger partial charge in [0, 0.05) is 5.69 Å². The van der Waals surface area contributed by atoms with Crippen LogP contribution in [0.15, 0.2) is 17.5 Å². The molecule has 94 valence electrons. The van der Waals surface area contributed by atoms with Crippen LogP contribution in [0.25, 0.3) is 0 Å². The van der Waals surface area contributed by atoms with Gasteiger partial charge in [-0.2, -0.15) is 0 Å². The first-order valence-electron chi connectivity index (χ1n) is 5.27. The van der Waals surface area contributed by atoms with E-state index >= 15 is 0 Å². The molecule has 0 spiro atoms. The maximum Gasteiger partial charge on any atom is 0.354 e. The van der Waals surface area contributed by atoms with E-state index in [9.17, 15) is 9.59 Å². The number of anilines is 1.